The van der Waals surface area contributed by atoms with Gasteiger partial charge in [0.25, 0.3) is 0 Å². The molecule has 0 bridgehead atoms. The predicted molar refractivity (Wildman–Crippen MR) is 85.5 cm³/mol. The van der Waals surface area contributed by atoms with E-state index in [0.29, 0.717) is 6.04 Å². The maximum Gasteiger partial charge on any atom is 0.134 e. The Labute approximate surface area is 127 Å². The first-order valence-electron chi connectivity index (χ1n) is 8.63. The molecule has 21 heavy (non-hydrogen) atoms. The zero-order chi connectivity index (χ0) is 14.2. The van der Waals surface area contributed by atoms with Gasteiger partial charge in [0, 0.05) is 25.2 Å². The van der Waals surface area contributed by atoms with Crippen LogP contribution in [0.1, 0.15) is 45.4 Å². The van der Waals surface area contributed by atoms with Crippen LogP contribution in [0.5, 0.6) is 0 Å². The molecule has 114 valence electrons. The third kappa shape index (κ3) is 3.14. The molecule has 1 aliphatic heterocycles. The van der Waals surface area contributed by atoms with Gasteiger partial charge >= 0.3 is 0 Å². The highest BCUT2D eigenvalue weighted by Crippen LogP contribution is 2.45. The minimum Gasteiger partial charge on any atom is -0.367 e. The van der Waals surface area contributed by atoms with Crippen LogP contribution in [0.25, 0.3) is 0 Å². The fourth-order valence-corrected chi connectivity index (χ4v) is 3.70. The van der Waals surface area contributed by atoms with Gasteiger partial charge in [0.05, 0.1) is 0 Å². The van der Waals surface area contributed by atoms with E-state index in [-0.39, 0.29) is 0 Å². The molecule has 3 fully saturated rings. The Kier molecular flexibility index (Phi) is 3.48. The van der Waals surface area contributed by atoms with Crippen molar-refractivity contribution in [1.29, 1.82) is 0 Å². The smallest absolute Gasteiger partial charge is 0.134 e. The van der Waals surface area contributed by atoms with Gasteiger partial charge in [0.15, 0.2) is 0 Å². The van der Waals surface area contributed by atoms with Crippen LogP contribution in [-0.2, 0) is 0 Å². The summed E-state index contributed by atoms with van der Waals surface area (Å²) in [6.07, 6.45) is 9.95. The van der Waals surface area contributed by atoms with Crippen LogP contribution < -0.4 is 10.2 Å². The third-order valence-corrected chi connectivity index (χ3v) is 5.21. The topological polar surface area (TPSA) is 41.0 Å². The number of nitrogens with zero attached hydrogens (tertiary/aromatic N) is 3. The summed E-state index contributed by atoms with van der Waals surface area (Å²) < 4.78 is 0. The lowest BCUT2D eigenvalue weighted by Gasteiger charge is -2.32. The number of aromatic nitrogens is 2. The van der Waals surface area contributed by atoms with E-state index in [1.807, 2.05) is 0 Å². The van der Waals surface area contributed by atoms with Crippen molar-refractivity contribution >= 4 is 11.6 Å². The molecule has 4 nitrogen and oxygen atoms in total. The van der Waals surface area contributed by atoms with Gasteiger partial charge in [-0.25, -0.2) is 9.97 Å². The summed E-state index contributed by atoms with van der Waals surface area (Å²) in [5, 5.41) is 3.72. The highest BCUT2D eigenvalue weighted by Gasteiger charge is 2.41. The highest BCUT2D eigenvalue weighted by atomic mass is 15.2. The summed E-state index contributed by atoms with van der Waals surface area (Å²) in [5.41, 5.74) is 0. The van der Waals surface area contributed by atoms with Gasteiger partial charge in [0.2, 0.25) is 0 Å². The van der Waals surface area contributed by atoms with E-state index >= 15 is 0 Å². The average molecular weight is 286 g/mol. The normalized spacial score (nSPS) is 26.2. The quantitative estimate of drug-likeness (QED) is 0.901. The van der Waals surface area contributed by atoms with E-state index in [9.17, 15) is 0 Å². The van der Waals surface area contributed by atoms with Crippen LogP contribution in [0.4, 0.5) is 11.6 Å². The van der Waals surface area contributed by atoms with Crippen molar-refractivity contribution in [2.24, 2.45) is 17.8 Å². The summed E-state index contributed by atoms with van der Waals surface area (Å²) in [5.74, 6) is 4.69. The second-order valence-corrected chi connectivity index (χ2v) is 7.30. The van der Waals surface area contributed by atoms with Gasteiger partial charge < -0.3 is 10.2 Å². The average Bonchev–Trinajstić information content (AvgIpc) is 3.39. The molecule has 0 aromatic carbocycles. The van der Waals surface area contributed by atoms with Crippen molar-refractivity contribution in [3.63, 3.8) is 0 Å². The zero-order valence-corrected chi connectivity index (χ0v) is 13.0. The minimum absolute atomic E-state index is 0.660. The van der Waals surface area contributed by atoms with Gasteiger partial charge in [-0.05, 0) is 56.3 Å². The maximum atomic E-state index is 4.50. The molecular weight excluding hydrogens is 260 g/mol. The fraction of sp³-hybridized carbons (Fsp3) is 0.765. The molecule has 4 rings (SSSR count). The Hall–Kier alpha value is -1.32. The van der Waals surface area contributed by atoms with Crippen molar-refractivity contribution in [2.75, 3.05) is 23.3 Å². The Morgan fingerprint density at radius 2 is 1.90 bits per heavy atom. The number of piperidine rings is 1. The summed E-state index contributed by atoms with van der Waals surface area (Å²) in [6, 6.07) is 2.82. The molecule has 1 N–H and O–H groups in total. The molecule has 2 heterocycles. The zero-order valence-electron chi connectivity index (χ0n) is 13.0. The fourth-order valence-electron chi connectivity index (χ4n) is 3.70. The van der Waals surface area contributed by atoms with Crippen LogP contribution in [0.2, 0.25) is 0 Å². The molecule has 0 amide bonds. The largest absolute Gasteiger partial charge is 0.367 e. The SMILES string of the molecule is CC1CCCN(c2cc(NC(C3CC3)C3CC3)ncn2)C1. The Morgan fingerprint density at radius 3 is 2.57 bits per heavy atom. The van der Waals surface area contributed by atoms with Crippen LogP contribution >= 0.6 is 0 Å². The molecule has 1 unspecified atom stereocenters. The first-order chi connectivity index (χ1) is 10.3. The van der Waals surface area contributed by atoms with Gasteiger partial charge in [-0.3, -0.25) is 0 Å². The third-order valence-electron chi connectivity index (χ3n) is 5.21. The molecular formula is C17H26N4. The number of nitrogens with one attached hydrogen (secondary N) is 1. The van der Waals surface area contributed by atoms with Crippen molar-refractivity contribution in [3.8, 4) is 0 Å². The van der Waals surface area contributed by atoms with E-state index in [1.54, 1.807) is 6.33 Å². The van der Waals surface area contributed by atoms with Gasteiger partial charge in [-0.1, -0.05) is 6.92 Å². The van der Waals surface area contributed by atoms with Gasteiger partial charge in [-0.2, -0.15) is 0 Å². The Bertz CT molecular complexity index is 483. The lowest BCUT2D eigenvalue weighted by atomic mass is 10.0. The van der Waals surface area contributed by atoms with Crippen molar-refractivity contribution in [3.05, 3.63) is 12.4 Å². The van der Waals surface area contributed by atoms with Crippen LogP contribution in [0, 0.1) is 17.8 Å². The predicted octanol–water partition coefficient (Wildman–Crippen LogP) is 3.31. The lowest BCUT2D eigenvalue weighted by Crippen LogP contribution is -2.35. The molecule has 2 saturated carbocycles. The second kappa shape index (κ2) is 5.47. The van der Waals surface area contributed by atoms with E-state index in [1.165, 1.54) is 38.5 Å². The number of hydrogen-bond donors (Lipinski definition) is 1. The van der Waals surface area contributed by atoms with E-state index in [2.05, 4.69) is 33.2 Å². The van der Waals surface area contributed by atoms with Crippen molar-refractivity contribution < 1.29 is 0 Å². The summed E-state index contributed by atoms with van der Waals surface area (Å²) in [4.78, 5) is 11.4. The number of hydrogen-bond acceptors (Lipinski definition) is 4. The minimum atomic E-state index is 0.660. The van der Waals surface area contributed by atoms with E-state index in [4.69, 9.17) is 0 Å². The molecule has 1 aromatic rings. The molecule has 0 spiro atoms. The van der Waals surface area contributed by atoms with E-state index in [0.717, 1.165) is 42.5 Å². The van der Waals surface area contributed by atoms with Gasteiger partial charge in [-0.15, -0.1) is 0 Å². The summed E-state index contributed by atoms with van der Waals surface area (Å²) in [6.45, 7) is 4.60. The van der Waals surface area contributed by atoms with Crippen LogP contribution in [0.3, 0.4) is 0 Å². The van der Waals surface area contributed by atoms with Crippen LogP contribution in [-0.4, -0.2) is 29.1 Å². The number of rotatable bonds is 5. The molecule has 4 heteroatoms. The first-order valence-corrected chi connectivity index (χ1v) is 8.63. The van der Waals surface area contributed by atoms with Gasteiger partial charge in [0.1, 0.15) is 18.0 Å². The maximum absolute atomic E-state index is 4.50. The second-order valence-electron chi connectivity index (χ2n) is 7.30. The van der Waals surface area contributed by atoms with Crippen molar-refractivity contribution in [1.82, 2.24) is 9.97 Å². The molecule has 1 aromatic heterocycles. The molecule has 1 atom stereocenters. The molecule has 0 radical (unpaired) electrons. The van der Waals surface area contributed by atoms with E-state index < -0.39 is 0 Å². The van der Waals surface area contributed by atoms with Crippen molar-refractivity contribution in [2.45, 2.75) is 51.5 Å². The first kappa shape index (κ1) is 13.4. The standard InChI is InChI=1S/C17H26N4/c1-12-3-2-8-21(10-12)16-9-15(18-11-19-16)20-17(13-4-5-13)14-6-7-14/h9,11-14,17H,2-8,10H2,1H3,(H,18,19,20). The summed E-state index contributed by atoms with van der Waals surface area (Å²) >= 11 is 0. The number of anilines is 2. The summed E-state index contributed by atoms with van der Waals surface area (Å²) in [7, 11) is 0. The molecule has 2 aliphatic carbocycles. The van der Waals surface area contributed by atoms with Crippen LogP contribution in [0.15, 0.2) is 12.4 Å². The lowest BCUT2D eigenvalue weighted by molar-refractivity contribution is 0.444. The highest BCUT2D eigenvalue weighted by molar-refractivity contribution is 5.49. The molecule has 1 saturated heterocycles. The monoisotopic (exact) mass is 286 g/mol. The Morgan fingerprint density at radius 1 is 1.14 bits per heavy atom. The molecule has 3 aliphatic rings. The Balaban J connectivity index is 1.47.